The summed E-state index contributed by atoms with van der Waals surface area (Å²) >= 11 is 3.23. The van der Waals surface area contributed by atoms with Crippen LogP contribution in [0.5, 0.6) is 5.75 Å². The molecule has 70 valence electrons. The Morgan fingerprint density at radius 3 is 2.77 bits per heavy atom. The zero-order valence-corrected chi connectivity index (χ0v) is 8.58. The number of primary amides is 1. The van der Waals surface area contributed by atoms with Crippen molar-refractivity contribution in [1.82, 2.24) is 0 Å². The molecule has 1 rings (SSSR count). The number of hydrogen-bond donors (Lipinski definition) is 1. The second kappa shape index (κ2) is 4.87. The van der Waals surface area contributed by atoms with Crippen molar-refractivity contribution >= 4 is 21.8 Å². The van der Waals surface area contributed by atoms with Gasteiger partial charge in [-0.1, -0.05) is 28.1 Å². The minimum Gasteiger partial charge on any atom is -0.492 e. The smallest absolute Gasteiger partial charge is 0.252 e. The van der Waals surface area contributed by atoms with Crippen molar-refractivity contribution in [3.8, 4) is 5.75 Å². The summed E-state index contributed by atoms with van der Waals surface area (Å²) in [6.45, 7) is 0.518. The Balaban J connectivity index is 2.84. The predicted octanol–water partition coefficient (Wildman–Crippen LogP) is 1.56. The Bertz CT molecular complexity index is 301. The number of alkyl halides is 1. The monoisotopic (exact) mass is 243 g/mol. The third kappa shape index (κ3) is 2.73. The lowest BCUT2D eigenvalue weighted by Crippen LogP contribution is -2.13. The van der Waals surface area contributed by atoms with Gasteiger partial charge in [-0.25, -0.2) is 0 Å². The molecule has 3 nitrogen and oxygen atoms in total. The number of carbonyl (C=O) groups excluding carboxylic acids is 1. The summed E-state index contributed by atoms with van der Waals surface area (Å²) in [5.41, 5.74) is 5.58. The molecule has 0 heterocycles. The topological polar surface area (TPSA) is 52.3 Å². The second-order valence-corrected chi connectivity index (χ2v) is 3.19. The van der Waals surface area contributed by atoms with Gasteiger partial charge < -0.3 is 10.5 Å². The van der Waals surface area contributed by atoms with Gasteiger partial charge in [0, 0.05) is 5.33 Å². The Labute approximate surface area is 85.0 Å². The van der Waals surface area contributed by atoms with Crippen molar-refractivity contribution in [2.75, 3.05) is 11.9 Å². The number of hydrogen-bond acceptors (Lipinski definition) is 2. The number of carbonyl (C=O) groups is 1. The predicted molar refractivity (Wildman–Crippen MR) is 54.2 cm³/mol. The molecule has 1 aromatic rings. The van der Waals surface area contributed by atoms with E-state index in [9.17, 15) is 4.79 Å². The fourth-order valence-electron chi connectivity index (χ4n) is 0.945. The van der Waals surface area contributed by atoms with Crippen molar-refractivity contribution in [2.45, 2.75) is 0 Å². The van der Waals surface area contributed by atoms with Crippen molar-refractivity contribution in [1.29, 1.82) is 0 Å². The lowest BCUT2D eigenvalue weighted by atomic mass is 10.2. The maximum atomic E-state index is 10.9. The van der Waals surface area contributed by atoms with E-state index < -0.39 is 5.91 Å². The van der Waals surface area contributed by atoms with E-state index in [1.165, 1.54) is 0 Å². The normalized spacial score (nSPS) is 9.62. The molecule has 0 aliphatic rings. The molecular weight excluding hydrogens is 234 g/mol. The summed E-state index contributed by atoms with van der Waals surface area (Å²) < 4.78 is 5.30. The maximum absolute atomic E-state index is 10.9. The number of nitrogens with two attached hydrogens (primary N) is 1. The van der Waals surface area contributed by atoms with E-state index in [1.54, 1.807) is 24.3 Å². The molecule has 0 atom stereocenters. The quantitative estimate of drug-likeness (QED) is 0.817. The first-order valence-electron chi connectivity index (χ1n) is 3.83. The molecule has 1 amide bonds. The van der Waals surface area contributed by atoms with E-state index in [0.717, 1.165) is 5.33 Å². The van der Waals surface area contributed by atoms with Crippen LogP contribution in [0.25, 0.3) is 0 Å². The number of benzene rings is 1. The standard InChI is InChI=1S/C9H10BrNO2/c10-5-6-13-8-4-2-1-3-7(8)9(11)12/h1-4H,5-6H2,(H2,11,12). The van der Waals surface area contributed by atoms with Gasteiger partial charge >= 0.3 is 0 Å². The Kier molecular flexibility index (Phi) is 3.76. The maximum Gasteiger partial charge on any atom is 0.252 e. The van der Waals surface area contributed by atoms with Crippen molar-refractivity contribution in [2.24, 2.45) is 5.73 Å². The van der Waals surface area contributed by atoms with Crippen LogP contribution in [-0.2, 0) is 0 Å². The number of rotatable bonds is 4. The fourth-order valence-corrected chi connectivity index (χ4v) is 1.11. The molecule has 0 bridgehead atoms. The van der Waals surface area contributed by atoms with Crippen LogP contribution in [0.1, 0.15) is 10.4 Å². The number of halogens is 1. The van der Waals surface area contributed by atoms with Crippen LogP contribution in [0.2, 0.25) is 0 Å². The van der Waals surface area contributed by atoms with Crippen LogP contribution in [0.4, 0.5) is 0 Å². The Hall–Kier alpha value is -1.03. The van der Waals surface area contributed by atoms with Crippen LogP contribution in [-0.4, -0.2) is 17.8 Å². The number of amides is 1. The molecule has 0 saturated carbocycles. The minimum atomic E-state index is -0.467. The summed E-state index contributed by atoms with van der Waals surface area (Å²) in [4.78, 5) is 10.9. The summed E-state index contributed by atoms with van der Waals surface area (Å²) in [5.74, 6) is 0.0691. The molecular formula is C9H10BrNO2. The van der Waals surface area contributed by atoms with E-state index >= 15 is 0 Å². The van der Waals surface area contributed by atoms with Crippen LogP contribution in [0.3, 0.4) is 0 Å². The van der Waals surface area contributed by atoms with E-state index in [-0.39, 0.29) is 0 Å². The van der Waals surface area contributed by atoms with Crippen LogP contribution in [0, 0.1) is 0 Å². The van der Waals surface area contributed by atoms with Crippen LogP contribution >= 0.6 is 15.9 Å². The third-order valence-corrected chi connectivity index (χ3v) is 1.81. The van der Waals surface area contributed by atoms with Gasteiger partial charge in [-0.3, -0.25) is 4.79 Å². The number of para-hydroxylation sites is 1. The lowest BCUT2D eigenvalue weighted by Gasteiger charge is -2.06. The second-order valence-electron chi connectivity index (χ2n) is 2.40. The highest BCUT2D eigenvalue weighted by Crippen LogP contribution is 2.16. The average Bonchev–Trinajstić information content (AvgIpc) is 2.15. The lowest BCUT2D eigenvalue weighted by molar-refractivity contribution is 0.0996. The fraction of sp³-hybridized carbons (Fsp3) is 0.222. The highest BCUT2D eigenvalue weighted by Gasteiger charge is 2.06. The molecule has 13 heavy (non-hydrogen) atoms. The zero-order valence-electron chi connectivity index (χ0n) is 7.00. The van der Waals surface area contributed by atoms with E-state index in [1.807, 2.05) is 0 Å². The minimum absolute atomic E-state index is 0.420. The van der Waals surface area contributed by atoms with Crippen molar-refractivity contribution in [3.05, 3.63) is 29.8 Å². The SMILES string of the molecule is NC(=O)c1ccccc1OCCBr. The highest BCUT2D eigenvalue weighted by molar-refractivity contribution is 9.09. The molecule has 0 aliphatic carbocycles. The summed E-state index contributed by atoms with van der Waals surface area (Å²) in [7, 11) is 0. The molecule has 0 spiro atoms. The largest absolute Gasteiger partial charge is 0.492 e. The Morgan fingerprint density at radius 2 is 2.15 bits per heavy atom. The molecule has 0 unspecified atom stereocenters. The van der Waals surface area contributed by atoms with Crippen LogP contribution in [0.15, 0.2) is 24.3 Å². The summed E-state index contributed by atoms with van der Waals surface area (Å²) in [5, 5.41) is 0.722. The van der Waals surface area contributed by atoms with Gasteiger partial charge in [-0.15, -0.1) is 0 Å². The third-order valence-electron chi connectivity index (χ3n) is 1.49. The zero-order chi connectivity index (χ0) is 9.68. The molecule has 0 saturated heterocycles. The van der Waals surface area contributed by atoms with Gasteiger partial charge in [0.1, 0.15) is 5.75 Å². The van der Waals surface area contributed by atoms with Crippen molar-refractivity contribution < 1.29 is 9.53 Å². The van der Waals surface area contributed by atoms with E-state index in [0.29, 0.717) is 17.9 Å². The van der Waals surface area contributed by atoms with Gasteiger partial charge in [0.25, 0.3) is 5.91 Å². The highest BCUT2D eigenvalue weighted by atomic mass is 79.9. The van der Waals surface area contributed by atoms with Gasteiger partial charge in [-0.2, -0.15) is 0 Å². The molecule has 2 N–H and O–H groups in total. The van der Waals surface area contributed by atoms with Gasteiger partial charge in [-0.05, 0) is 12.1 Å². The molecule has 0 fully saturated rings. The van der Waals surface area contributed by atoms with Gasteiger partial charge in [0.05, 0.1) is 12.2 Å². The molecule has 0 aromatic heterocycles. The molecule has 1 aromatic carbocycles. The summed E-state index contributed by atoms with van der Waals surface area (Å²) in [6.07, 6.45) is 0. The van der Waals surface area contributed by atoms with Gasteiger partial charge in [0.15, 0.2) is 0 Å². The van der Waals surface area contributed by atoms with Crippen LogP contribution < -0.4 is 10.5 Å². The average molecular weight is 244 g/mol. The Morgan fingerprint density at radius 1 is 1.46 bits per heavy atom. The van der Waals surface area contributed by atoms with E-state index in [2.05, 4.69) is 15.9 Å². The summed E-state index contributed by atoms with van der Waals surface area (Å²) in [6, 6.07) is 6.92. The molecule has 4 heteroatoms. The van der Waals surface area contributed by atoms with E-state index in [4.69, 9.17) is 10.5 Å². The molecule has 0 radical (unpaired) electrons. The van der Waals surface area contributed by atoms with Crippen molar-refractivity contribution in [3.63, 3.8) is 0 Å². The number of ether oxygens (including phenoxy) is 1. The first-order valence-corrected chi connectivity index (χ1v) is 4.95. The van der Waals surface area contributed by atoms with Gasteiger partial charge in [0.2, 0.25) is 0 Å². The first-order chi connectivity index (χ1) is 6.25. The molecule has 0 aliphatic heterocycles. The first kappa shape index (κ1) is 10.1.